The van der Waals surface area contributed by atoms with E-state index < -0.39 is 0 Å². The lowest BCUT2D eigenvalue weighted by Crippen LogP contribution is -2.19. The Morgan fingerprint density at radius 1 is 1.59 bits per heavy atom. The van der Waals surface area contributed by atoms with Crippen LogP contribution in [0.25, 0.3) is 10.4 Å². The van der Waals surface area contributed by atoms with Gasteiger partial charge in [-0.2, -0.15) is 5.10 Å². The fourth-order valence-electron chi connectivity index (χ4n) is 2.07. The van der Waals surface area contributed by atoms with E-state index in [-0.39, 0.29) is 6.04 Å². The van der Waals surface area contributed by atoms with Crippen molar-refractivity contribution in [2.45, 2.75) is 12.5 Å². The minimum absolute atomic E-state index is 0.289. The molecule has 1 saturated heterocycles. The number of nitrogens with one attached hydrogen (secondary N) is 1. The number of ether oxygens (including phenoxy) is 1. The smallest absolute Gasteiger partial charge is 0.231 e. The molecule has 0 saturated carbocycles. The van der Waals surface area contributed by atoms with Gasteiger partial charge in [0.05, 0.1) is 36.6 Å². The Balaban J connectivity index is 2.05. The Morgan fingerprint density at radius 2 is 2.53 bits per heavy atom. The number of nitrogens with zero attached hydrogens (tertiary/aromatic N) is 3. The van der Waals surface area contributed by atoms with E-state index in [9.17, 15) is 0 Å². The molecule has 0 aliphatic carbocycles. The van der Waals surface area contributed by atoms with Crippen molar-refractivity contribution in [3.05, 3.63) is 35.9 Å². The third kappa shape index (κ3) is 1.73. The van der Waals surface area contributed by atoms with Crippen LogP contribution in [-0.2, 0) is 4.74 Å². The van der Waals surface area contributed by atoms with E-state index >= 15 is 0 Å². The van der Waals surface area contributed by atoms with Gasteiger partial charge < -0.3 is 10.1 Å². The summed E-state index contributed by atoms with van der Waals surface area (Å²) < 4.78 is 7.10. The lowest BCUT2D eigenvalue weighted by molar-refractivity contribution is 0.195. The van der Waals surface area contributed by atoms with Crippen molar-refractivity contribution in [2.75, 3.05) is 18.5 Å². The number of fused-ring (bicyclic) bond motifs is 1. The lowest BCUT2D eigenvalue weighted by Gasteiger charge is -2.14. The summed E-state index contributed by atoms with van der Waals surface area (Å²) in [5, 5.41) is 7.57. The molecule has 3 rings (SSSR count). The van der Waals surface area contributed by atoms with Crippen LogP contribution in [0.1, 0.15) is 6.42 Å². The summed E-state index contributed by atoms with van der Waals surface area (Å²) in [6, 6.07) is 4.17. The maximum absolute atomic E-state index is 7.19. The van der Waals surface area contributed by atoms with Gasteiger partial charge in [0, 0.05) is 12.8 Å². The molecule has 5 nitrogen and oxygen atoms in total. The molecule has 0 radical (unpaired) electrons. The number of rotatable bonds is 2. The van der Waals surface area contributed by atoms with Crippen LogP contribution >= 0.6 is 0 Å². The highest BCUT2D eigenvalue weighted by Crippen LogP contribution is 2.30. The van der Waals surface area contributed by atoms with Gasteiger partial charge in [0.15, 0.2) is 0 Å². The highest BCUT2D eigenvalue weighted by molar-refractivity contribution is 5.84. The second-order valence-corrected chi connectivity index (χ2v) is 4.06. The minimum atomic E-state index is 0.289. The normalized spacial score (nSPS) is 19.4. The summed E-state index contributed by atoms with van der Waals surface area (Å²) in [5.41, 5.74) is 2.35. The Bertz CT molecular complexity index is 578. The third-order valence-corrected chi connectivity index (χ3v) is 2.94. The maximum atomic E-state index is 7.19. The van der Waals surface area contributed by atoms with Gasteiger partial charge in [0.25, 0.3) is 0 Å². The van der Waals surface area contributed by atoms with E-state index in [2.05, 4.69) is 15.3 Å². The molecular weight excluding hydrogens is 216 g/mol. The number of hydrogen-bond donors (Lipinski definition) is 1. The molecule has 3 heterocycles. The zero-order valence-corrected chi connectivity index (χ0v) is 9.26. The van der Waals surface area contributed by atoms with Crippen LogP contribution in [-0.4, -0.2) is 28.9 Å². The quantitative estimate of drug-likeness (QED) is 0.800. The fourth-order valence-corrected chi connectivity index (χ4v) is 2.07. The Hall–Kier alpha value is -2.06. The predicted octanol–water partition coefficient (Wildman–Crippen LogP) is 2.09. The van der Waals surface area contributed by atoms with Crippen LogP contribution < -0.4 is 5.32 Å². The van der Waals surface area contributed by atoms with Gasteiger partial charge in [-0.05, 0) is 18.6 Å². The molecule has 1 aliphatic rings. The van der Waals surface area contributed by atoms with Crippen LogP contribution in [0.15, 0.2) is 24.5 Å². The topological polar surface area (TPSA) is 42.9 Å². The summed E-state index contributed by atoms with van der Waals surface area (Å²) in [6.45, 7) is 8.68. The summed E-state index contributed by atoms with van der Waals surface area (Å²) in [6.07, 6.45) is 4.45. The van der Waals surface area contributed by atoms with E-state index in [1.807, 2.05) is 18.3 Å². The van der Waals surface area contributed by atoms with Crippen LogP contribution in [0, 0.1) is 6.57 Å². The van der Waals surface area contributed by atoms with E-state index in [0.29, 0.717) is 12.3 Å². The summed E-state index contributed by atoms with van der Waals surface area (Å²) in [4.78, 5) is 3.51. The lowest BCUT2D eigenvalue weighted by atomic mass is 10.2. The van der Waals surface area contributed by atoms with Crippen molar-refractivity contribution >= 4 is 16.9 Å². The molecular formula is C12H12N4O. The molecule has 0 bridgehead atoms. The molecule has 1 fully saturated rings. The number of anilines is 1. The van der Waals surface area contributed by atoms with Gasteiger partial charge in [0.2, 0.25) is 5.69 Å². The highest BCUT2D eigenvalue weighted by Gasteiger charge is 2.18. The van der Waals surface area contributed by atoms with E-state index in [1.165, 1.54) is 0 Å². The standard InChI is InChI=1S/C12H12N4O/c1-13-10-7-14-16-5-2-3-11(16)12(10)15-9-4-6-17-8-9/h2-3,5,7,9,15H,4,6,8H2. The Morgan fingerprint density at radius 3 is 3.29 bits per heavy atom. The van der Waals surface area contributed by atoms with Crippen LogP contribution in [0.5, 0.6) is 0 Å². The third-order valence-electron chi connectivity index (χ3n) is 2.94. The Labute approximate surface area is 98.8 Å². The first-order chi connectivity index (χ1) is 8.38. The first-order valence-corrected chi connectivity index (χ1v) is 5.56. The molecule has 5 heteroatoms. The largest absolute Gasteiger partial charge is 0.387 e. The molecule has 0 aromatic carbocycles. The first kappa shape index (κ1) is 10.1. The van der Waals surface area contributed by atoms with Crippen molar-refractivity contribution < 1.29 is 4.74 Å². The average Bonchev–Trinajstić information content (AvgIpc) is 2.99. The first-order valence-electron chi connectivity index (χ1n) is 5.56. The molecule has 2 aromatic heterocycles. The van der Waals surface area contributed by atoms with Gasteiger partial charge in [0.1, 0.15) is 0 Å². The van der Waals surface area contributed by atoms with Crippen LogP contribution in [0.3, 0.4) is 0 Å². The second kappa shape index (κ2) is 4.07. The van der Waals surface area contributed by atoms with Crippen molar-refractivity contribution in [2.24, 2.45) is 0 Å². The summed E-state index contributed by atoms with van der Waals surface area (Å²) in [7, 11) is 0. The number of aromatic nitrogens is 2. The fraction of sp³-hybridized carbons (Fsp3) is 0.333. The Kier molecular flexibility index (Phi) is 2.42. The molecule has 86 valence electrons. The molecule has 1 atom stereocenters. The molecule has 2 aromatic rings. The zero-order chi connectivity index (χ0) is 11.7. The molecule has 0 spiro atoms. The van der Waals surface area contributed by atoms with Gasteiger partial charge in [-0.3, -0.25) is 0 Å². The monoisotopic (exact) mass is 228 g/mol. The summed E-state index contributed by atoms with van der Waals surface area (Å²) >= 11 is 0. The molecule has 1 aliphatic heterocycles. The van der Waals surface area contributed by atoms with Crippen LogP contribution in [0.2, 0.25) is 0 Å². The SMILES string of the molecule is [C-]#[N+]c1cnn2cccc2c1NC1CCOC1. The highest BCUT2D eigenvalue weighted by atomic mass is 16.5. The molecule has 0 amide bonds. The van der Waals surface area contributed by atoms with E-state index in [1.54, 1.807) is 10.7 Å². The number of hydrogen-bond acceptors (Lipinski definition) is 3. The maximum Gasteiger partial charge on any atom is 0.231 e. The van der Waals surface area contributed by atoms with Gasteiger partial charge in [-0.1, -0.05) is 0 Å². The van der Waals surface area contributed by atoms with Gasteiger partial charge >= 0.3 is 0 Å². The van der Waals surface area contributed by atoms with Gasteiger partial charge in [-0.25, -0.2) is 9.36 Å². The average molecular weight is 228 g/mol. The van der Waals surface area contributed by atoms with E-state index in [0.717, 1.165) is 24.2 Å². The van der Waals surface area contributed by atoms with Gasteiger partial charge in [-0.15, -0.1) is 0 Å². The molecule has 17 heavy (non-hydrogen) atoms. The molecule has 1 unspecified atom stereocenters. The van der Waals surface area contributed by atoms with Crippen molar-refractivity contribution in [3.63, 3.8) is 0 Å². The van der Waals surface area contributed by atoms with Crippen molar-refractivity contribution in [1.82, 2.24) is 9.61 Å². The zero-order valence-electron chi connectivity index (χ0n) is 9.26. The second-order valence-electron chi connectivity index (χ2n) is 4.06. The molecule has 1 N–H and O–H groups in total. The van der Waals surface area contributed by atoms with Crippen LogP contribution in [0.4, 0.5) is 11.4 Å². The predicted molar refractivity (Wildman–Crippen MR) is 64.3 cm³/mol. The van der Waals surface area contributed by atoms with E-state index in [4.69, 9.17) is 11.3 Å². The summed E-state index contributed by atoms with van der Waals surface area (Å²) in [5.74, 6) is 0. The van der Waals surface area contributed by atoms with Crippen molar-refractivity contribution in [1.29, 1.82) is 0 Å². The minimum Gasteiger partial charge on any atom is -0.387 e. The van der Waals surface area contributed by atoms with Crippen molar-refractivity contribution in [3.8, 4) is 0 Å².